The van der Waals surface area contributed by atoms with E-state index in [-0.39, 0.29) is 0 Å². The van der Waals surface area contributed by atoms with Gasteiger partial charge in [-0.1, -0.05) is 31.9 Å². The van der Waals surface area contributed by atoms with E-state index in [1.165, 1.54) is 27.9 Å². The maximum atomic E-state index is 5.00. The summed E-state index contributed by atoms with van der Waals surface area (Å²) in [6.45, 7) is 16.4. The van der Waals surface area contributed by atoms with E-state index in [1.807, 2.05) is 0 Å². The van der Waals surface area contributed by atoms with Crippen LogP contribution in [-0.2, 0) is 0 Å². The lowest BCUT2D eigenvalue weighted by molar-refractivity contribution is 0.813. The molecule has 0 nitrogen and oxygen atoms in total. The number of rotatable bonds is 0. The van der Waals surface area contributed by atoms with Gasteiger partial charge in [0.1, 0.15) is 0 Å². The van der Waals surface area contributed by atoms with Crippen molar-refractivity contribution in [3.05, 3.63) is 59.8 Å². The van der Waals surface area contributed by atoms with E-state index in [9.17, 15) is 0 Å². The number of allylic oxidation sites excluding steroid dienone is 6. The molecule has 74 valence electrons. The molecule has 2 aliphatic rings. The highest BCUT2D eigenvalue weighted by Gasteiger charge is 2.25. The maximum Gasteiger partial charge on any atom is 0 e. The molecule has 0 saturated carbocycles. The molecule has 0 aliphatic heterocycles. The van der Waals surface area contributed by atoms with Crippen LogP contribution in [0.1, 0.15) is 28.7 Å². The van der Waals surface area contributed by atoms with E-state index >= 15 is 0 Å². The van der Waals surface area contributed by atoms with Crippen LogP contribution in [0.3, 0.4) is 0 Å². The first-order valence-corrected chi connectivity index (χ1v) is 5.08. The molecule has 14 heavy (non-hydrogen) atoms. The molecule has 0 unspecified atom stereocenters. The van der Waals surface area contributed by atoms with E-state index < -0.39 is 0 Å². The van der Waals surface area contributed by atoms with E-state index in [0.29, 0.717) is 0 Å². The second-order valence-corrected chi connectivity index (χ2v) is 4.14. The highest BCUT2D eigenvalue weighted by molar-refractivity contribution is 5.63. The van der Waals surface area contributed by atoms with Crippen LogP contribution in [0.2, 0.25) is 0 Å². The van der Waals surface area contributed by atoms with Crippen molar-refractivity contribution in [1.82, 2.24) is 0 Å². The van der Waals surface area contributed by atoms with Gasteiger partial charge in [-0.25, -0.2) is 0 Å². The van der Waals surface area contributed by atoms with Crippen molar-refractivity contribution in [1.29, 1.82) is 0 Å². The highest BCUT2D eigenvalue weighted by Crippen LogP contribution is 2.43. The fourth-order valence-electron chi connectivity index (χ4n) is 2.27. The predicted molar refractivity (Wildman–Crippen MR) is 64.2 cm³/mol. The Kier molecular flexibility index (Phi) is 1.80. The monoisotopic (exact) mass is 190 g/mol. The minimum Gasteiger partial charge on any atom is -0.0955 e. The van der Waals surface area contributed by atoms with Crippen LogP contribution >= 0.6 is 0 Å². The molecule has 0 spiro atoms. The van der Waals surface area contributed by atoms with Crippen molar-refractivity contribution >= 4 is 0 Å². The van der Waals surface area contributed by atoms with Gasteiger partial charge in [0.15, 0.2) is 0 Å². The highest BCUT2D eigenvalue weighted by atomic mass is 14.3. The van der Waals surface area contributed by atoms with Gasteiger partial charge in [0.05, 0.1) is 0 Å². The molecule has 0 fully saturated rings. The maximum absolute atomic E-state index is 5.00. The van der Waals surface area contributed by atoms with E-state index in [1.54, 1.807) is 0 Å². The molecule has 0 aromatic rings. The zero-order valence-corrected chi connectivity index (χ0v) is 8.66. The minimum absolute atomic E-state index is 1.03. The van der Waals surface area contributed by atoms with Gasteiger partial charge in [-0.15, -0.1) is 0 Å². The molecule has 0 atom stereocenters. The van der Waals surface area contributed by atoms with Gasteiger partial charge >= 0.3 is 0 Å². The third-order valence-corrected chi connectivity index (χ3v) is 3.22. The first kappa shape index (κ1) is 8.05. The molecule has 2 rings (SSSR count). The minimum atomic E-state index is 1.03. The molecule has 0 N–H and O–H groups in total. The summed E-state index contributed by atoms with van der Waals surface area (Å²) in [5.41, 5.74) is 7.41. The third-order valence-electron chi connectivity index (χ3n) is 3.22. The molecule has 2 aliphatic carbocycles. The Morgan fingerprint density at radius 2 is 1.36 bits per heavy atom. The summed E-state index contributed by atoms with van der Waals surface area (Å²) in [4.78, 5) is 0. The van der Waals surface area contributed by atoms with Crippen molar-refractivity contribution in [3.63, 3.8) is 0 Å². The molecule has 0 heteroatoms. The first-order valence-electron chi connectivity index (χ1n) is 6.08. The van der Waals surface area contributed by atoms with Crippen molar-refractivity contribution in [2.24, 2.45) is 0 Å². The van der Waals surface area contributed by atoms with Crippen LogP contribution in [0.25, 0.3) is 0 Å². The lowest BCUT2D eigenvalue weighted by atomic mass is 9.74. The number of hydrogen-bond donors (Lipinski definition) is 0. The zero-order chi connectivity index (χ0) is 12.3. The second-order valence-electron chi connectivity index (χ2n) is 4.14. The lowest BCUT2D eigenvalue weighted by Gasteiger charge is -2.30. The molecule has 0 bridgehead atoms. The van der Waals surface area contributed by atoms with Crippen LogP contribution in [0, 0.1) is 0 Å². The molecule has 0 aromatic heterocycles. The Bertz CT molecular complexity index is 397. The topological polar surface area (TPSA) is 0 Å². The van der Waals surface area contributed by atoms with Crippen LogP contribution in [0.5, 0.6) is 0 Å². The van der Waals surface area contributed by atoms with Gasteiger partial charge < -0.3 is 0 Å². The van der Waals surface area contributed by atoms with Crippen molar-refractivity contribution in [2.75, 3.05) is 0 Å². The summed E-state index contributed by atoms with van der Waals surface area (Å²) in [5.74, 6) is 0. The molecule has 0 amide bonds. The van der Waals surface area contributed by atoms with Crippen LogP contribution in [0.15, 0.2) is 59.8 Å². The summed E-state index contributed by atoms with van der Waals surface area (Å²) in [6.07, 6.45) is 4.20. The smallest absolute Gasteiger partial charge is 0 e. The van der Waals surface area contributed by atoms with Gasteiger partial charge in [-0.2, -0.15) is 0 Å². The van der Waals surface area contributed by atoms with Gasteiger partial charge in [-0.3, -0.25) is 0 Å². The predicted octanol–water partition coefficient (Wildman–Crippen LogP) is 4.34. The van der Waals surface area contributed by atoms with E-state index in [0.717, 1.165) is 31.3 Å². The summed E-state index contributed by atoms with van der Waals surface area (Å²) < 4.78 is 10.0. The summed E-state index contributed by atoms with van der Waals surface area (Å²) in [5, 5.41) is 0. The zero-order valence-electron chi connectivity index (χ0n) is 10.7. The van der Waals surface area contributed by atoms with Gasteiger partial charge in [0.25, 0.3) is 0 Å². The van der Waals surface area contributed by atoms with Gasteiger partial charge in [-0.05, 0) is 53.5 Å². The lowest BCUT2D eigenvalue weighted by Crippen LogP contribution is -2.12. The molecule has 0 aromatic carbocycles. The Labute approximate surface area is 89.1 Å². The Morgan fingerprint density at radius 1 is 0.786 bits per heavy atom. The van der Waals surface area contributed by atoms with E-state index in [4.69, 9.17) is 2.97 Å². The first-order chi connectivity index (χ1) is 7.61. The van der Waals surface area contributed by atoms with E-state index in [2.05, 4.69) is 26.3 Å². The molecule has 0 saturated heterocycles. The standard InChI is InChI=1S/C14H16.H2/c1-9-7-8-13-10(2)5-6-11(3)14(13)12(9)4;/h1-8H2;1H/i;1+2T. The van der Waals surface area contributed by atoms with Crippen molar-refractivity contribution < 1.29 is 2.97 Å². The van der Waals surface area contributed by atoms with Gasteiger partial charge in [0.2, 0.25) is 0 Å². The van der Waals surface area contributed by atoms with Crippen molar-refractivity contribution in [2.45, 2.75) is 25.7 Å². The third kappa shape index (κ3) is 1.22. The quantitative estimate of drug-likeness (QED) is 0.533. The fourth-order valence-corrected chi connectivity index (χ4v) is 2.27. The number of hydrogen-bond acceptors (Lipinski definition) is 0. The molecular weight excluding hydrogens is 168 g/mol. The average molecular weight is 190 g/mol. The summed E-state index contributed by atoms with van der Waals surface area (Å²) >= 11 is 0. The summed E-state index contributed by atoms with van der Waals surface area (Å²) in [7, 11) is 0. The second kappa shape index (κ2) is 3.13. The Morgan fingerprint density at radius 3 is 2.07 bits per heavy atom. The summed E-state index contributed by atoms with van der Waals surface area (Å²) in [6, 6.07) is 0. The molecule has 0 radical (unpaired) electrons. The van der Waals surface area contributed by atoms with Crippen LogP contribution in [0.4, 0.5) is 0 Å². The van der Waals surface area contributed by atoms with Crippen molar-refractivity contribution in [3.8, 4) is 0 Å². The van der Waals surface area contributed by atoms with Gasteiger partial charge in [0, 0.05) is 2.97 Å². The van der Waals surface area contributed by atoms with Crippen LogP contribution < -0.4 is 0 Å². The average Bonchev–Trinajstić information content (AvgIpc) is 2.30. The Hall–Kier alpha value is -1.30. The van der Waals surface area contributed by atoms with Crippen LogP contribution in [-0.4, -0.2) is 0 Å². The molecule has 0 heterocycles. The fraction of sp³-hybridized carbons (Fsp3) is 0.286. The Balaban J connectivity index is 0.000000606. The largest absolute Gasteiger partial charge is 0.0955 e. The normalized spacial score (nSPS) is 23.4. The molecular formula is C14H18. The SMILES string of the molecule is C=C1CCC2=C(C(=C)CCC2=C)C1=C.[3H][3H].